The van der Waals surface area contributed by atoms with Crippen LogP contribution >= 0.6 is 11.6 Å². The Balaban J connectivity index is 1.34. The largest absolute Gasteiger partial charge is 0.353 e. The van der Waals surface area contributed by atoms with Gasteiger partial charge in [0.05, 0.1) is 5.92 Å². The molecule has 3 atom stereocenters. The van der Waals surface area contributed by atoms with E-state index >= 15 is 0 Å². The van der Waals surface area contributed by atoms with Crippen molar-refractivity contribution >= 4 is 23.3 Å². The minimum atomic E-state index is -0.222. The van der Waals surface area contributed by atoms with Gasteiger partial charge < -0.3 is 15.1 Å². The molecular weight excluding hydrogens is 434 g/mol. The minimum Gasteiger partial charge on any atom is -0.353 e. The standard InChI is InChI=1S/C26H34ClN5O/c1-17-7-8-20-22(17)24(29-16-28-20)31-11-13-32(14-12-31)25(33)23(18-5-4-6-19(27)15-18)21-9-10-26(2,3)30-21/h4-6,15-17,21,23,30H,7-14H2,1-3H3/t17?,21-,23?/m0/s1. The number of carbonyl (C=O) groups is 1. The Morgan fingerprint density at radius 2 is 1.97 bits per heavy atom. The van der Waals surface area contributed by atoms with Crippen LogP contribution in [-0.2, 0) is 11.2 Å². The molecule has 7 heteroatoms. The van der Waals surface area contributed by atoms with Crippen LogP contribution in [0.3, 0.4) is 0 Å². The number of benzene rings is 1. The molecule has 176 valence electrons. The van der Waals surface area contributed by atoms with Crippen molar-refractivity contribution in [3.05, 3.63) is 52.4 Å². The van der Waals surface area contributed by atoms with Gasteiger partial charge in [0.1, 0.15) is 12.1 Å². The van der Waals surface area contributed by atoms with Gasteiger partial charge in [-0.1, -0.05) is 30.7 Å². The number of carbonyl (C=O) groups excluding carboxylic acids is 1. The Labute approximate surface area is 201 Å². The molecule has 2 aromatic rings. The van der Waals surface area contributed by atoms with Crippen molar-refractivity contribution in [2.24, 2.45) is 0 Å². The van der Waals surface area contributed by atoms with Crippen LogP contribution in [0.4, 0.5) is 5.82 Å². The second-order valence-corrected chi connectivity index (χ2v) is 11.0. The third-order valence-electron chi connectivity index (χ3n) is 7.68. The molecule has 0 spiro atoms. The first-order chi connectivity index (χ1) is 15.8. The summed E-state index contributed by atoms with van der Waals surface area (Å²) in [6.45, 7) is 9.71. The smallest absolute Gasteiger partial charge is 0.231 e. The molecule has 2 aliphatic heterocycles. The van der Waals surface area contributed by atoms with Crippen molar-refractivity contribution in [2.45, 2.75) is 69.9 Å². The molecule has 2 saturated heterocycles. The fourth-order valence-corrected chi connectivity index (χ4v) is 6.07. The first kappa shape index (κ1) is 22.6. The average molecular weight is 468 g/mol. The van der Waals surface area contributed by atoms with Gasteiger partial charge in [0, 0.05) is 54.0 Å². The van der Waals surface area contributed by atoms with E-state index in [-0.39, 0.29) is 23.4 Å². The van der Waals surface area contributed by atoms with E-state index in [0.29, 0.717) is 24.0 Å². The Morgan fingerprint density at radius 1 is 1.18 bits per heavy atom. The molecule has 1 aromatic heterocycles. The van der Waals surface area contributed by atoms with Crippen molar-refractivity contribution < 1.29 is 4.79 Å². The summed E-state index contributed by atoms with van der Waals surface area (Å²) in [5, 5.41) is 4.40. The van der Waals surface area contributed by atoms with Gasteiger partial charge in [-0.05, 0) is 63.1 Å². The zero-order valence-electron chi connectivity index (χ0n) is 19.9. The fraction of sp³-hybridized carbons (Fsp3) is 0.577. The van der Waals surface area contributed by atoms with Crippen LogP contribution in [0.1, 0.15) is 68.7 Å². The Bertz CT molecular complexity index is 1030. The maximum atomic E-state index is 13.9. The quantitative estimate of drug-likeness (QED) is 0.732. The first-order valence-electron chi connectivity index (χ1n) is 12.2. The predicted molar refractivity (Wildman–Crippen MR) is 132 cm³/mol. The third kappa shape index (κ3) is 4.47. The van der Waals surface area contributed by atoms with Crippen LogP contribution in [0.2, 0.25) is 5.02 Å². The van der Waals surface area contributed by atoms with Crippen molar-refractivity contribution in [3.8, 4) is 0 Å². The normalized spacial score (nSPS) is 25.2. The van der Waals surface area contributed by atoms with Crippen molar-refractivity contribution in [1.29, 1.82) is 0 Å². The van der Waals surface area contributed by atoms with Crippen LogP contribution in [0.15, 0.2) is 30.6 Å². The van der Waals surface area contributed by atoms with Crippen molar-refractivity contribution in [2.75, 3.05) is 31.1 Å². The average Bonchev–Trinajstić information content (AvgIpc) is 3.36. The zero-order valence-corrected chi connectivity index (χ0v) is 20.6. The first-order valence-corrected chi connectivity index (χ1v) is 12.6. The van der Waals surface area contributed by atoms with Gasteiger partial charge in [-0.2, -0.15) is 0 Å². The number of aryl methyl sites for hydroxylation is 1. The van der Waals surface area contributed by atoms with Crippen LogP contribution in [0.25, 0.3) is 0 Å². The number of nitrogens with zero attached hydrogens (tertiary/aromatic N) is 4. The summed E-state index contributed by atoms with van der Waals surface area (Å²) in [4.78, 5) is 27.4. The van der Waals surface area contributed by atoms with Crippen molar-refractivity contribution in [3.63, 3.8) is 0 Å². The molecule has 3 heterocycles. The Morgan fingerprint density at radius 3 is 2.67 bits per heavy atom. The zero-order chi connectivity index (χ0) is 23.2. The number of hydrogen-bond donors (Lipinski definition) is 1. The highest BCUT2D eigenvalue weighted by Crippen LogP contribution is 2.38. The molecule has 0 radical (unpaired) electrons. The highest BCUT2D eigenvalue weighted by Gasteiger charge is 2.41. The molecule has 1 aliphatic carbocycles. The lowest BCUT2D eigenvalue weighted by Crippen LogP contribution is -2.53. The minimum absolute atomic E-state index is 0.0462. The van der Waals surface area contributed by atoms with Crippen LogP contribution < -0.4 is 10.2 Å². The van der Waals surface area contributed by atoms with E-state index in [4.69, 9.17) is 11.6 Å². The number of hydrogen-bond acceptors (Lipinski definition) is 5. The Kier molecular flexibility index (Phi) is 6.08. The molecular formula is C26H34ClN5O. The number of anilines is 1. The van der Waals surface area contributed by atoms with E-state index < -0.39 is 0 Å². The molecule has 1 aromatic carbocycles. The van der Waals surface area contributed by atoms with E-state index in [2.05, 4.69) is 41.0 Å². The molecule has 5 rings (SSSR count). The lowest BCUT2D eigenvalue weighted by Gasteiger charge is -2.39. The summed E-state index contributed by atoms with van der Waals surface area (Å²) < 4.78 is 0. The molecule has 0 bridgehead atoms. The maximum absolute atomic E-state index is 13.9. The second kappa shape index (κ2) is 8.88. The van der Waals surface area contributed by atoms with Gasteiger partial charge in [-0.15, -0.1) is 0 Å². The van der Waals surface area contributed by atoms with E-state index in [1.54, 1.807) is 6.33 Å². The molecule has 3 aliphatic rings. The predicted octanol–water partition coefficient (Wildman–Crippen LogP) is 4.14. The number of nitrogens with one attached hydrogen (secondary N) is 1. The molecule has 33 heavy (non-hydrogen) atoms. The SMILES string of the molecule is CC1CCc2ncnc(N3CCN(C(=O)C(c4cccc(Cl)c4)[C@@H]4CCC(C)(C)N4)CC3)c21. The van der Waals surface area contributed by atoms with Gasteiger partial charge in [-0.25, -0.2) is 9.97 Å². The summed E-state index contributed by atoms with van der Waals surface area (Å²) in [6.07, 6.45) is 5.93. The van der Waals surface area contributed by atoms with Crippen molar-refractivity contribution in [1.82, 2.24) is 20.2 Å². The monoisotopic (exact) mass is 467 g/mol. The molecule has 1 N–H and O–H groups in total. The number of piperazine rings is 1. The summed E-state index contributed by atoms with van der Waals surface area (Å²) in [5.41, 5.74) is 3.56. The molecule has 2 unspecified atom stereocenters. The Hall–Kier alpha value is -2.18. The highest BCUT2D eigenvalue weighted by molar-refractivity contribution is 6.30. The number of fused-ring (bicyclic) bond motifs is 1. The molecule has 0 saturated carbocycles. The van der Waals surface area contributed by atoms with E-state index in [1.165, 1.54) is 11.3 Å². The lowest BCUT2D eigenvalue weighted by atomic mass is 9.88. The van der Waals surface area contributed by atoms with E-state index in [0.717, 1.165) is 50.2 Å². The highest BCUT2D eigenvalue weighted by atomic mass is 35.5. The molecule has 6 nitrogen and oxygen atoms in total. The van der Waals surface area contributed by atoms with Crippen LogP contribution in [0, 0.1) is 0 Å². The van der Waals surface area contributed by atoms with E-state index in [9.17, 15) is 4.79 Å². The summed E-state index contributed by atoms with van der Waals surface area (Å²) in [5.74, 6) is 1.55. The number of halogens is 1. The topological polar surface area (TPSA) is 61.4 Å². The van der Waals surface area contributed by atoms with Gasteiger partial charge in [0.25, 0.3) is 0 Å². The van der Waals surface area contributed by atoms with Crippen LogP contribution in [0.5, 0.6) is 0 Å². The lowest BCUT2D eigenvalue weighted by molar-refractivity contribution is -0.133. The second-order valence-electron chi connectivity index (χ2n) is 10.5. The van der Waals surface area contributed by atoms with Gasteiger partial charge in [0.15, 0.2) is 0 Å². The van der Waals surface area contributed by atoms with Gasteiger partial charge >= 0.3 is 0 Å². The number of amides is 1. The number of aromatic nitrogens is 2. The number of rotatable bonds is 4. The van der Waals surface area contributed by atoms with Gasteiger partial charge in [0.2, 0.25) is 5.91 Å². The maximum Gasteiger partial charge on any atom is 0.231 e. The van der Waals surface area contributed by atoms with Gasteiger partial charge in [-0.3, -0.25) is 4.79 Å². The third-order valence-corrected chi connectivity index (χ3v) is 7.91. The summed E-state index contributed by atoms with van der Waals surface area (Å²) in [7, 11) is 0. The molecule has 2 fully saturated rings. The fourth-order valence-electron chi connectivity index (χ4n) is 5.87. The summed E-state index contributed by atoms with van der Waals surface area (Å²) >= 11 is 6.32. The molecule has 1 amide bonds. The van der Waals surface area contributed by atoms with E-state index in [1.807, 2.05) is 29.2 Å². The summed E-state index contributed by atoms with van der Waals surface area (Å²) in [6, 6.07) is 7.95. The van der Waals surface area contributed by atoms with Crippen LogP contribution in [-0.4, -0.2) is 58.5 Å².